The summed E-state index contributed by atoms with van der Waals surface area (Å²) in [5.41, 5.74) is 3.46. The molecule has 0 bridgehead atoms. The summed E-state index contributed by atoms with van der Waals surface area (Å²) in [6, 6.07) is 14.2. The molecule has 1 unspecified atom stereocenters. The van der Waals surface area contributed by atoms with Crippen LogP contribution in [0.4, 0.5) is 10.5 Å². The van der Waals surface area contributed by atoms with Gasteiger partial charge in [0.25, 0.3) is 5.91 Å². The van der Waals surface area contributed by atoms with E-state index in [2.05, 4.69) is 34.4 Å². The number of amides is 4. The highest BCUT2D eigenvalue weighted by atomic mass is 16.2. The minimum atomic E-state index is -0.673. The van der Waals surface area contributed by atoms with Gasteiger partial charge in [0.15, 0.2) is 0 Å². The monoisotopic (exact) mass is 447 g/mol. The van der Waals surface area contributed by atoms with Crippen molar-refractivity contribution in [2.24, 2.45) is 5.92 Å². The van der Waals surface area contributed by atoms with Gasteiger partial charge in [-0.25, -0.2) is 9.78 Å². The normalized spacial score (nSPS) is 16.0. The van der Waals surface area contributed by atoms with Crippen molar-refractivity contribution in [1.82, 2.24) is 20.2 Å². The number of carbonyl (C=O) groups excluding carboxylic acids is 3. The molecule has 8 heteroatoms. The first-order chi connectivity index (χ1) is 15.9. The molecule has 4 rings (SSSR count). The number of carbonyl (C=O) groups is 3. The molecule has 3 N–H and O–H groups in total. The van der Waals surface area contributed by atoms with E-state index in [4.69, 9.17) is 0 Å². The quantitative estimate of drug-likeness (QED) is 0.435. The van der Waals surface area contributed by atoms with Gasteiger partial charge < -0.3 is 15.6 Å². The smallest absolute Gasteiger partial charge is 0.324 e. The number of urea groups is 1. The van der Waals surface area contributed by atoms with Crippen molar-refractivity contribution in [2.45, 2.75) is 45.6 Å². The Labute approximate surface area is 192 Å². The summed E-state index contributed by atoms with van der Waals surface area (Å²) in [6.45, 7) is 4.60. The first kappa shape index (κ1) is 22.5. The zero-order chi connectivity index (χ0) is 23.4. The molecule has 1 saturated heterocycles. The molecule has 0 aliphatic carbocycles. The van der Waals surface area contributed by atoms with Crippen molar-refractivity contribution in [1.29, 1.82) is 0 Å². The zero-order valence-electron chi connectivity index (χ0n) is 18.9. The zero-order valence-corrected chi connectivity index (χ0v) is 18.9. The maximum Gasteiger partial charge on any atom is 0.324 e. The van der Waals surface area contributed by atoms with Crippen LogP contribution >= 0.6 is 0 Å². The van der Waals surface area contributed by atoms with Crippen molar-refractivity contribution in [3.63, 3.8) is 0 Å². The molecule has 1 aliphatic rings. The van der Waals surface area contributed by atoms with E-state index in [1.54, 1.807) is 0 Å². The summed E-state index contributed by atoms with van der Waals surface area (Å²) >= 11 is 0. The number of aromatic nitrogens is 2. The van der Waals surface area contributed by atoms with Crippen LogP contribution in [0.3, 0.4) is 0 Å². The minimum Gasteiger partial charge on any atom is -0.342 e. The summed E-state index contributed by atoms with van der Waals surface area (Å²) < 4.78 is 0. The van der Waals surface area contributed by atoms with Gasteiger partial charge in [0.2, 0.25) is 5.91 Å². The summed E-state index contributed by atoms with van der Waals surface area (Å²) in [7, 11) is 0. The number of rotatable bonds is 9. The van der Waals surface area contributed by atoms with Gasteiger partial charge in [0.05, 0.1) is 11.0 Å². The lowest BCUT2D eigenvalue weighted by atomic mass is 10.1. The molecular formula is C25H29N5O3. The summed E-state index contributed by atoms with van der Waals surface area (Å²) in [5.74, 6) is 0.940. The van der Waals surface area contributed by atoms with E-state index in [0.29, 0.717) is 24.6 Å². The van der Waals surface area contributed by atoms with E-state index >= 15 is 0 Å². The SMILES string of the molecule is CC(C)Cc1nc2ccc(NC(=O)CCC3NC(=O)N(CCc4ccccc4)C3=O)cc2[nH]1. The summed E-state index contributed by atoms with van der Waals surface area (Å²) in [5, 5.41) is 5.56. The largest absolute Gasteiger partial charge is 0.342 e. The molecule has 0 spiro atoms. The Hall–Kier alpha value is -3.68. The molecule has 3 aromatic rings. The van der Waals surface area contributed by atoms with Crippen LogP contribution in [0.15, 0.2) is 48.5 Å². The van der Waals surface area contributed by atoms with Gasteiger partial charge in [-0.15, -0.1) is 0 Å². The fraction of sp³-hybridized carbons (Fsp3) is 0.360. The Morgan fingerprint density at radius 3 is 2.70 bits per heavy atom. The van der Waals surface area contributed by atoms with Gasteiger partial charge in [-0.05, 0) is 42.5 Å². The highest BCUT2D eigenvalue weighted by molar-refractivity contribution is 6.04. The Bertz CT molecular complexity index is 1160. The summed E-state index contributed by atoms with van der Waals surface area (Å²) in [6.07, 6.45) is 1.84. The molecule has 0 saturated carbocycles. The number of fused-ring (bicyclic) bond motifs is 1. The highest BCUT2D eigenvalue weighted by Gasteiger charge is 2.37. The van der Waals surface area contributed by atoms with E-state index in [9.17, 15) is 14.4 Å². The average Bonchev–Trinajstić information content (AvgIpc) is 3.29. The number of nitrogens with one attached hydrogen (secondary N) is 3. The number of anilines is 1. The third-order valence-electron chi connectivity index (χ3n) is 5.65. The van der Waals surface area contributed by atoms with Gasteiger partial charge >= 0.3 is 6.03 Å². The number of H-pyrrole nitrogens is 1. The molecule has 172 valence electrons. The molecule has 1 aromatic heterocycles. The summed E-state index contributed by atoms with van der Waals surface area (Å²) in [4.78, 5) is 46.4. The second kappa shape index (κ2) is 9.85. The Balaban J connectivity index is 1.28. The lowest BCUT2D eigenvalue weighted by Crippen LogP contribution is -2.33. The fourth-order valence-electron chi connectivity index (χ4n) is 3.99. The Morgan fingerprint density at radius 2 is 1.94 bits per heavy atom. The van der Waals surface area contributed by atoms with Crippen LogP contribution in [0.5, 0.6) is 0 Å². The van der Waals surface area contributed by atoms with Crippen LogP contribution in [-0.4, -0.2) is 45.3 Å². The third kappa shape index (κ3) is 5.58. The lowest BCUT2D eigenvalue weighted by molar-refractivity contribution is -0.127. The van der Waals surface area contributed by atoms with Crippen LogP contribution in [0, 0.1) is 5.92 Å². The van der Waals surface area contributed by atoms with Crippen LogP contribution in [-0.2, 0) is 22.4 Å². The van der Waals surface area contributed by atoms with Gasteiger partial charge in [-0.3, -0.25) is 14.5 Å². The van der Waals surface area contributed by atoms with Crippen molar-refractivity contribution in [3.05, 3.63) is 59.9 Å². The molecule has 2 heterocycles. The first-order valence-corrected chi connectivity index (χ1v) is 11.3. The van der Waals surface area contributed by atoms with Gasteiger partial charge in [0, 0.05) is 25.1 Å². The van der Waals surface area contributed by atoms with Crippen molar-refractivity contribution in [3.8, 4) is 0 Å². The standard InChI is InChI=1S/C25H29N5O3/c1-16(2)14-22-27-19-9-8-18(15-21(19)28-22)26-23(31)11-10-20-24(32)30(25(33)29-20)13-12-17-6-4-3-5-7-17/h3-9,15-16,20H,10-14H2,1-2H3,(H,26,31)(H,27,28)(H,29,33). The number of imide groups is 1. The maximum absolute atomic E-state index is 12.6. The third-order valence-corrected chi connectivity index (χ3v) is 5.65. The van der Waals surface area contributed by atoms with E-state index in [-0.39, 0.29) is 24.7 Å². The minimum absolute atomic E-state index is 0.128. The highest BCUT2D eigenvalue weighted by Crippen LogP contribution is 2.19. The second-order valence-corrected chi connectivity index (χ2v) is 8.83. The van der Waals surface area contributed by atoms with Crippen LogP contribution in [0.1, 0.15) is 38.1 Å². The van der Waals surface area contributed by atoms with Crippen molar-refractivity contribution < 1.29 is 14.4 Å². The average molecular weight is 448 g/mol. The number of aromatic amines is 1. The molecule has 1 fully saturated rings. The van der Waals surface area contributed by atoms with Crippen molar-refractivity contribution >= 4 is 34.6 Å². The Kier molecular flexibility index (Phi) is 6.72. The molecule has 0 radical (unpaired) electrons. The van der Waals surface area contributed by atoms with Crippen LogP contribution in [0.25, 0.3) is 11.0 Å². The van der Waals surface area contributed by atoms with Crippen LogP contribution < -0.4 is 10.6 Å². The molecule has 33 heavy (non-hydrogen) atoms. The van der Waals surface area contributed by atoms with Gasteiger partial charge in [-0.2, -0.15) is 0 Å². The number of hydrogen-bond donors (Lipinski definition) is 3. The molecular weight excluding hydrogens is 418 g/mol. The van der Waals surface area contributed by atoms with Gasteiger partial charge in [-0.1, -0.05) is 44.2 Å². The number of hydrogen-bond acceptors (Lipinski definition) is 4. The predicted octanol–water partition coefficient (Wildman–Crippen LogP) is 3.64. The fourth-order valence-corrected chi connectivity index (χ4v) is 3.99. The number of nitrogens with zero attached hydrogens (tertiary/aromatic N) is 2. The van der Waals surface area contributed by atoms with E-state index in [1.165, 1.54) is 4.90 Å². The molecule has 1 aliphatic heterocycles. The van der Waals surface area contributed by atoms with Crippen LogP contribution in [0.2, 0.25) is 0 Å². The number of benzene rings is 2. The van der Waals surface area contributed by atoms with Gasteiger partial charge in [0.1, 0.15) is 11.9 Å². The molecule has 2 aromatic carbocycles. The second-order valence-electron chi connectivity index (χ2n) is 8.83. The van der Waals surface area contributed by atoms with Crippen molar-refractivity contribution in [2.75, 3.05) is 11.9 Å². The maximum atomic E-state index is 12.6. The molecule has 4 amide bonds. The van der Waals surface area contributed by atoms with E-state index in [1.807, 2.05) is 48.5 Å². The van der Waals surface area contributed by atoms with E-state index in [0.717, 1.165) is 28.8 Å². The van der Waals surface area contributed by atoms with E-state index < -0.39 is 12.1 Å². The first-order valence-electron chi connectivity index (χ1n) is 11.3. The lowest BCUT2D eigenvalue weighted by Gasteiger charge is -2.13. The molecule has 1 atom stereocenters. The predicted molar refractivity (Wildman–Crippen MR) is 127 cm³/mol. The topological polar surface area (TPSA) is 107 Å². The number of imidazole rings is 1. The Morgan fingerprint density at radius 1 is 1.15 bits per heavy atom. The molecule has 8 nitrogen and oxygen atoms in total.